The predicted molar refractivity (Wildman–Crippen MR) is 118 cm³/mol. The van der Waals surface area contributed by atoms with Crippen LogP contribution in [0.3, 0.4) is 0 Å². The lowest BCUT2D eigenvalue weighted by molar-refractivity contribution is -0.185. The number of amides is 2. The predicted octanol–water partition coefficient (Wildman–Crippen LogP) is 3.88. The van der Waals surface area contributed by atoms with Crippen LogP contribution >= 0.6 is 0 Å². The van der Waals surface area contributed by atoms with E-state index in [9.17, 15) is 31.2 Å². The van der Waals surface area contributed by atoms with E-state index in [0.29, 0.717) is 16.2 Å². The summed E-state index contributed by atoms with van der Waals surface area (Å²) in [5.74, 6) is -2.52. The van der Waals surface area contributed by atoms with E-state index in [1.165, 1.54) is 47.6 Å². The van der Waals surface area contributed by atoms with Gasteiger partial charge in [-0.2, -0.15) is 17.5 Å². The number of anilines is 1. The molecule has 2 rings (SSSR count). The third-order valence-corrected chi connectivity index (χ3v) is 6.96. The maximum Gasteiger partial charge on any atom is 0.471 e. The molecule has 1 N–H and O–H groups in total. The fourth-order valence-electron chi connectivity index (χ4n) is 3.19. The third-order valence-electron chi connectivity index (χ3n) is 4.91. The van der Waals surface area contributed by atoms with Crippen molar-refractivity contribution in [3.8, 4) is 0 Å². The Morgan fingerprint density at radius 3 is 2.15 bits per heavy atom. The smallest absolute Gasteiger partial charge is 0.331 e. The average Bonchev–Trinajstić information content (AvgIpc) is 2.77. The van der Waals surface area contributed by atoms with Crippen molar-refractivity contribution in [1.29, 1.82) is 0 Å². The van der Waals surface area contributed by atoms with Gasteiger partial charge in [0.2, 0.25) is 10.0 Å². The second kappa shape index (κ2) is 10.8. The van der Waals surface area contributed by atoms with Crippen LogP contribution in [0.2, 0.25) is 0 Å². The van der Waals surface area contributed by atoms with Gasteiger partial charge < -0.3 is 10.2 Å². The average molecular weight is 486 g/mol. The summed E-state index contributed by atoms with van der Waals surface area (Å²) in [6.07, 6.45) is -4.97. The van der Waals surface area contributed by atoms with Crippen molar-refractivity contribution in [2.45, 2.75) is 38.4 Å². The lowest BCUT2D eigenvalue weighted by Crippen LogP contribution is -2.40. The minimum atomic E-state index is -4.97. The first kappa shape index (κ1) is 26.3. The highest BCUT2D eigenvalue weighted by Crippen LogP contribution is 2.22. The van der Waals surface area contributed by atoms with E-state index in [1.807, 2.05) is 0 Å². The second-order valence-electron chi connectivity index (χ2n) is 7.09. The van der Waals surface area contributed by atoms with Crippen molar-refractivity contribution in [3.05, 3.63) is 59.7 Å². The van der Waals surface area contributed by atoms with Gasteiger partial charge >= 0.3 is 12.1 Å². The zero-order valence-electron chi connectivity index (χ0n) is 18.5. The molecule has 0 bridgehead atoms. The lowest BCUT2D eigenvalue weighted by atomic mass is 10.1. The first-order valence-electron chi connectivity index (χ1n) is 10.3. The highest BCUT2D eigenvalue weighted by molar-refractivity contribution is 7.89. The summed E-state index contributed by atoms with van der Waals surface area (Å²) < 4.78 is 64.9. The normalized spacial score (nSPS) is 12.0. The van der Waals surface area contributed by atoms with Gasteiger partial charge in [0.25, 0.3) is 5.91 Å². The van der Waals surface area contributed by atoms with Gasteiger partial charge in [-0.3, -0.25) is 9.59 Å². The van der Waals surface area contributed by atoms with E-state index >= 15 is 0 Å². The van der Waals surface area contributed by atoms with Gasteiger partial charge in [-0.25, -0.2) is 8.42 Å². The molecule has 0 saturated heterocycles. The van der Waals surface area contributed by atoms with Crippen molar-refractivity contribution >= 4 is 27.5 Å². The summed E-state index contributed by atoms with van der Waals surface area (Å²) >= 11 is 0. The van der Waals surface area contributed by atoms with Crippen LogP contribution in [0.1, 0.15) is 36.7 Å². The summed E-state index contributed by atoms with van der Waals surface area (Å²) in [5.41, 5.74) is 0.797. The summed E-state index contributed by atoms with van der Waals surface area (Å²) in [5, 5.41) is 2.61. The summed E-state index contributed by atoms with van der Waals surface area (Å²) in [6.45, 7) is 5.02. The van der Waals surface area contributed by atoms with Crippen LogP contribution in [0.4, 0.5) is 18.9 Å². The summed E-state index contributed by atoms with van der Waals surface area (Å²) in [4.78, 5) is 24.9. The second-order valence-corrected chi connectivity index (χ2v) is 9.03. The van der Waals surface area contributed by atoms with Crippen LogP contribution in [-0.2, 0) is 21.4 Å². The number of sulfonamides is 1. The molecule has 2 aromatic rings. The maximum atomic E-state index is 12.7. The van der Waals surface area contributed by atoms with Gasteiger partial charge in [-0.15, -0.1) is 0 Å². The zero-order valence-corrected chi connectivity index (χ0v) is 19.3. The SMILES string of the molecule is CCN(Cc1cccc(NC(=O)c2cccc(S(=O)(=O)N(CC)CC)c2)c1)C(=O)C(F)(F)F. The van der Waals surface area contributed by atoms with Gasteiger partial charge in [-0.05, 0) is 42.8 Å². The number of carbonyl (C=O) groups excluding carboxylic acids is 2. The lowest BCUT2D eigenvalue weighted by Gasteiger charge is -2.22. The van der Waals surface area contributed by atoms with Crippen LogP contribution in [0, 0.1) is 0 Å². The van der Waals surface area contributed by atoms with Crippen molar-refractivity contribution in [2.24, 2.45) is 0 Å². The molecule has 0 aromatic heterocycles. The van der Waals surface area contributed by atoms with Crippen LogP contribution in [0.25, 0.3) is 0 Å². The topological polar surface area (TPSA) is 86.8 Å². The molecule has 0 fully saturated rings. The van der Waals surface area contributed by atoms with E-state index < -0.39 is 28.0 Å². The molecule has 7 nitrogen and oxygen atoms in total. The molecule has 0 saturated carbocycles. The Hall–Kier alpha value is -2.92. The molecule has 0 aliphatic carbocycles. The van der Waals surface area contributed by atoms with E-state index in [2.05, 4.69) is 5.32 Å². The van der Waals surface area contributed by atoms with E-state index in [0.717, 1.165) is 0 Å². The van der Waals surface area contributed by atoms with Crippen molar-refractivity contribution in [2.75, 3.05) is 25.0 Å². The quantitative estimate of drug-likeness (QED) is 0.584. The van der Waals surface area contributed by atoms with Crippen molar-refractivity contribution in [3.63, 3.8) is 0 Å². The minimum Gasteiger partial charge on any atom is -0.331 e. The molecule has 0 unspecified atom stereocenters. The van der Waals surface area contributed by atoms with Gasteiger partial charge in [0.1, 0.15) is 0 Å². The number of rotatable bonds is 9. The van der Waals surface area contributed by atoms with Crippen LogP contribution in [-0.4, -0.2) is 55.2 Å². The van der Waals surface area contributed by atoms with Crippen molar-refractivity contribution in [1.82, 2.24) is 9.21 Å². The first-order valence-corrected chi connectivity index (χ1v) is 11.7. The standard InChI is InChI=1S/C22H26F3N3O4S/c1-4-27(21(30)22(23,24)25)15-16-9-7-11-18(13-16)26-20(29)17-10-8-12-19(14-17)33(31,32)28(5-2)6-3/h7-14H,4-6,15H2,1-3H3,(H,26,29). The molecule has 0 atom stereocenters. The van der Waals surface area contributed by atoms with E-state index in [-0.39, 0.29) is 36.6 Å². The number of alkyl halides is 3. The molecule has 0 aliphatic heterocycles. The van der Waals surface area contributed by atoms with E-state index in [4.69, 9.17) is 0 Å². The van der Waals surface area contributed by atoms with Gasteiger partial charge in [0.15, 0.2) is 0 Å². The molecule has 0 radical (unpaired) electrons. The molecule has 33 heavy (non-hydrogen) atoms. The monoisotopic (exact) mass is 485 g/mol. The highest BCUT2D eigenvalue weighted by atomic mass is 32.2. The number of carbonyl (C=O) groups is 2. The number of nitrogens with zero attached hydrogens (tertiary/aromatic N) is 2. The Kier molecular flexibility index (Phi) is 8.62. The van der Waals surface area contributed by atoms with Crippen molar-refractivity contribution < 1.29 is 31.2 Å². The zero-order chi connectivity index (χ0) is 24.8. The molecule has 2 aromatic carbocycles. The molecule has 180 valence electrons. The highest BCUT2D eigenvalue weighted by Gasteiger charge is 2.41. The fraction of sp³-hybridized carbons (Fsp3) is 0.364. The Morgan fingerprint density at radius 2 is 1.58 bits per heavy atom. The van der Waals surface area contributed by atoms with Gasteiger partial charge in [0, 0.05) is 37.4 Å². The molecular formula is C22H26F3N3O4S. The first-order chi connectivity index (χ1) is 15.4. The molecule has 0 spiro atoms. The minimum absolute atomic E-state index is 0.0168. The number of halogens is 3. The number of hydrogen-bond donors (Lipinski definition) is 1. The molecule has 0 heterocycles. The Balaban J connectivity index is 2.21. The Morgan fingerprint density at radius 1 is 0.939 bits per heavy atom. The van der Waals surface area contributed by atoms with Gasteiger partial charge in [-0.1, -0.05) is 32.0 Å². The molecular weight excluding hydrogens is 459 g/mol. The Bertz CT molecular complexity index is 1100. The van der Waals surface area contributed by atoms with E-state index in [1.54, 1.807) is 26.0 Å². The number of hydrogen-bond acceptors (Lipinski definition) is 4. The summed E-state index contributed by atoms with van der Waals surface area (Å²) in [6, 6.07) is 11.7. The maximum absolute atomic E-state index is 12.7. The van der Waals surface area contributed by atoms with Crippen LogP contribution in [0.5, 0.6) is 0 Å². The molecule has 11 heteroatoms. The summed E-state index contributed by atoms with van der Waals surface area (Å²) in [7, 11) is -3.75. The van der Waals surface area contributed by atoms with Gasteiger partial charge in [0.05, 0.1) is 4.90 Å². The van der Waals surface area contributed by atoms with Crippen LogP contribution in [0.15, 0.2) is 53.4 Å². The van der Waals surface area contributed by atoms with Crippen LogP contribution < -0.4 is 5.32 Å². The number of nitrogens with one attached hydrogen (secondary N) is 1. The third kappa shape index (κ3) is 6.55. The molecule has 0 aliphatic rings. The number of benzene rings is 2. The molecule has 2 amide bonds. The Labute approximate surface area is 191 Å². The fourth-order valence-corrected chi connectivity index (χ4v) is 4.69. The largest absolute Gasteiger partial charge is 0.471 e.